The molecule has 0 aliphatic carbocycles. The van der Waals surface area contributed by atoms with Crippen molar-refractivity contribution in [2.45, 2.75) is 13.8 Å². The van der Waals surface area contributed by atoms with Crippen LogP contribution in [-0.4, -0.2) is 15.3 Å². The average molecular weight is 359 g/mol. The molecule has 134 valence electrons. The molecule has 4 nitrogen and oxygen atoms in total. The Morgan fingerprint density at radius 1 is 1.04 bits per heavy atom. The summed E-state index contributed by atoms with van der Waals surface area (Å²) >= 11 is 0. The Labute approximate surface area is 156 Å². The first kappa shape index (κ1) is 17.0. The SMILES string of the molecule is Cc1ccn2c(NC(=O)c3ccccc3C)c(-c3cccc(F)c3)nc2c1. The zero-order chi connectivity index (χ0) is 19.0. The Hall–Kier alpha value is -3.47. The molecule has 0 radical (unpaired) electrons. The van der Waals surface area contributed by atoms with Crippen molar-refractivity contribution in [1.29, 1.82) is 0 Å². The fourth-order valence-electron chi connectivity index (χ4n) is 3.11. The van der Waals surface area contributed by atoms with E-state index in [1.807, 2.05) is 54.8 Å². The Morgan fingerprint density at radius 3 is 2.63 bits per heavy atom. The maximum Gasteiger partial charge on any atom is 0.257 e. The van der Waals surface area contributed by atoms with Gasteiger partial charge in [-0.1, -0.05) is 30.3 Å². The highest BCUT2D eigenvalue weighted by Gasteiger charge is 2.18. The zero-order valence-electron chi connectivity index (χ0n) is 15.0. The number of carbonyl (C=O) groups excluding carboxylic acids is 1. The Morgan fingerprint density at radius 2 is 1.85 bits per heavy atom. The summed E-state index contributed by atoms with van der Waals surface area (Å²) in [5, 5.41) is 2.97. The number of nitrogens with one attached hydrogen (secondary N) is 1. The predicted molar refractivity (Wildman–Crippen MR) is 104 cm³/mol. The van der Waals surface area contributed by atoms with Crippen molar-refractivity contribution in [2.75, 3.05) is 5.32 Å². The quantitative estimate of drug-likeness (QED) is 0.559. The molecule has 0 aliphatic heterocycles. The molecule has 0 spiro atoms. The summed E-state index contributed by atoms with van der Waals surface area (Å²) < 4.78 is 15.6. The minimum absolute atomic E-state index is 0.229. The van der Waals surface area contributed by atoms with Gasteiger partial charge in [0.15, 0.2) is 0 Å². The van der Waals surface area contributed by atoms with Crippen LogP contribution in [0.1, 0.15) is 21.5 Å². The minimum atomic E-state index is -0.350. The van der Waals surface area contributed by atoms with Crippen LogP contribution in [0.4, 0.5) is 10.2 Å². The molecule has 2 aromatic carbocycles. The molecular weight excluding hydrogens is 341 g/mol. The lowest BCUT2D eigenvalue weighted by atomic mass is 10.1. The lowest BCUT2D eigenvalue weighted by Gasteiger charge is -2.10. The number of benzene rings is 2. The van der Waals surface area contributed by atoms with E-state index in [0.717, 1.165) is 11.1 Å². The fraction of sp³-hybridized carbons (Fsp3) is 0.0909. The normalized spacial score (nSPS) is 10.9. The number of aromatic nitrogens is 2. The maximum absolute atomic E-state index is 13.8. The summed E-state index contributed by atoms with van der Waals surface area (Å²) in [7, 11) is 0. The molecule has 0 unspecified atom stereocenters. The first-order valence-electron chi connectivity index (χ1n) is 8.64. The van der Waals surface area contributed by atoms with Gasteiger partial charge >= 0.3 is 0 Å². The van der Waals surface area contributed by atoms with Gasteiger partial charge in [-0.3, -0.25) is 9.20 Å². The van der Waals surface area contributed by atoms with Crippen LogP contribution in [0.15, 0.2) is 66.9 Å². The Bertz CT molecular complexity index is 1160. The van der Waals surface area contributed by atoms with Crippen molar-refractivity contribution in [1.82, 2.24) is 9.38 Å². The third-order valence-electron chi connectivity index (χ3n) is 4.50. The number of hydrogen-bond acceptors (Lipinski definition) is 2. The van der Waals surface area contributed by atoms with Crippen LogP contribution in [0, 0.1) is 19.7 Å². The van der Waals surface area contributed by atoms with Crippen LogP contribution in [0.5, 0.6) is 0 Å². The van der Waals surface area contributed by atoms with Gasteiger partial charge in [-0.25, -0.2) is 9.37 Å². The van der Waals surface area contributed by atoms with Crippen molar-refractivity contribution in [3.05, 3.63) is 89.4 Å². The van der Waals surface area contributed by atoms with Gasteiger partial charge < -0.3 is 5.32 Å². The maximum atomic E-state index is 13.8. The van der Waals surface area contributed by atoms with Crippen molar-refractivity contribution in [3.63, 3.8) is 0 Å². The summed E-state index contributed by atoms with van der Waals surface area (Å²) in [6, 6.07) is 17.5. The number of rotatable bonds is 3. The van der Waals surface area contributed by atoms with Gasteiger partial charge in [-0.2, -0.15) is 0 Å². The molecule has 0 saturated carbocycles. The molecule has 1 amide bonds. The van der Waals surface area contributed by atoms with Crippen LogP contribution >= 0.6 is 0 Å². The number of aryl methyl sites for hydroxylation is 2. The molecule has 0 aliphatic rings. The van der Waals surface area contributed by atoms with E-state index in [4.69, 9.17) is 0 Å². The number of nitrogens with zero attached hydrogens (tertiary/aromatic N) is 2. The van der Waals surface area contributed by atoms with Crippen molar-refractivity contribution < 1.29 is 9.18 Å². The van der Waals surface area contributed by atoms with E-state index >= 15 is 0 Å². The topological polar surface area (TPSA) is 46.4 Å². The summed E-state index contributed by atoms with van der Waals surface area (Å²) in [5.41, 5.74) is 4.35. The molecule has 0 atom stereocenters. The molecule has 4 rings (SSSR count). The van der Waals surface area contributed by atoms with Crippen LogP contribution in [0.3, 0.4) is 0 Å². The van der Waals surface area contributed by atoms with Crippen LogP contribution < -0.4 is 5.32 Å². The number of anilines is 1. The molecule has 0 fully saturated rings. The largest absolute Gasteiger partial charge is 0.306 e. The number of carbonyl (C=O) groups is 1. The molecule has 2 aromatic heterocycles. The molecule has 0 saturated heterocycles. The second kappa shape index (κ2) is 6.68. The fourth-order valence-corrected chi connectivity index (χ4v) is 3.11. The van der Waals surface area contributed by atoms with Crippen LogP contribution in [0.2, 0.25) is 0 Å². The van der Waals surface area contributed by atoms with Gasteiger partial charge in [-0.05, 0) is 55.3 Å². The number of fused-ring (bicyclic) bond motifs is 1. The first-order valence-corrected chi connectivity index (χ1v) is 8.64. The lowest BCUT2D eigenvalue weighted by Crippen LogP contribution is -2.15. The Kier molecular flexibility index (Phi) is 4.20. The van der Waals surface area contributed by atoms with Gasteiger partial charge in [0.25, 0.3) is 5.91 Å². The summed E-state index contributed by atoms with van der Waals surface area (Å²) in [5.74, 6) is -0.0612. The molecule has 0 bridgehead atoms. The highest BCUT2D eigenvalue weighted by atomic mass is 19.1. The number of imidazole rings is 1. The molecule has 4 aromatic rings. The second-order valence-corrected chi connectivity index (χ2v) is 6.52. The van der Waals surface area contributed by atoms with E-state index < -0.39 is 0 Å². The van der Waals surface area contributed by atoms with Gasteiger partial charge in [0, 0.05) is 17.3 Å². The summed E-state index contributed by atoms with van der Waals surface area (Å²) in [6.45, 7) is 3.86. The molecular formula is C22H18FN3O. The second-order valence-electron chi connectivity index (χ2n) is 6.52. The minimum Gasteiger partial charge on any atom is -0.306 e. The summed E-state index contributed by atoms with van der Waals surface area (Å²) in [4.78, 5) is 17.5. The Balaban J connectivity index is 1.86. The monoisotopic (exact) mass is 359 g/mol. The number of hydrogen-bond donors (Lipinski definition) is 1. The first-order chi connectivity index (χ1) is 13.0. The van der Waals surface area contributed by atoms with Crippen molar-refractivity contribution in [2.24, 2.45) is 0 Å². The standard InChI is InChI=1S/C22H18FN3O/c1-14-10-11-26-19(12-14)24-20(16-7-5-8-17(23)13-16)21(26)25-22(27)18-9-4-3-6-15(18)2/h3-13H,1-2H3,(H,25,27). The number of pyridine rings is 1. The zero-order valence-corrected chi connectivity index (χ0v) is 15.0. The third kappa shape index (κ3) is 3.19. The van der Waals surface area contributed by atoms with E-state index in [9.17, 15) is 9.18 Å². The van der Waals surface area contributed by atoms with E-state index in [1.165, 1.54) is 12.1 Å². The highest BCUT2D eigenvalue weighted by molar-refractivity contribution is 6.06. The summed E-state index contributed by atoms with van der Waals surface area (Å²) in [6.07, 6.45) is 1.86. The van der Waals surface area contributed by atoms with Gasteiger partial charge in [0.1, 0.15) is 23.0 Å². The van der Waals surface area contributed by atoms with Crippen molar-refractivity contribution >= 4 is 17.4 Å². The number of halogens is 1. The smallest absolute Gasteiger partial charge is 0.257 e. The van der Waals surface area contributed by atoms with Crippen LogP contribution in [-0.2, 0) is 0 Å². The average Bonchev–Trinajstić information content (AvgIpc) is 2.99. The molecule has 27 heavy (non-hydrogen) atoms. The van der Waals surface area contributed by atoms with Gasteiger partial charge in [-0.15, -0.1) is 0 Å². The highest BCUT2D eigenvalue weighted by Crippen LogP contribution is 2.30. The number of amides is 1. The van der Waals surface area contributed by atoms with E-state index in [0.29, 0.717) is 28.3 Å². The van der Waals surface area contributed by atoms with Crippen LogP contribution in [0.25, 0.3) is 16.9 Å². The molecule has 1 N–H and O–H groups in total. The lowest BCUT2D eigenvalue weighted by molar-refractivity contribution is 0.102. The van der Waals surface area contributed by atoms with E-state index in [-0.39, 0.29) is 11.7 Å². The molecule has 2 heterocycles. The molecule has 5 heteroatoms. The van der Waals surface area contributed by atoms with Gasteiger partial charge in [0.05, 0.1) is 0 Å². The predicted octanol–water partition coefficient (Wildman–Crippen LogP) is 5.01. The van der Waals surface area contributed by atoms with E-state index in [1.54, 1.807) is 18.2 Å². The van der Waals surface area contributed by atoms with Crippen molar-refractivity contribution in [3.8, 4) is 11.3 Å². The third-order valence-corrected chi connectivity index (χ3v) is 4.50. The van der Waals surface area contributed by atoms with E-state index in [2.05, 4.69) is 10.3 Å². The van der Waals surface area contributed by atoms with Gasteiger partial charge in [0.2, 0.25) is 0 Å².